The second-order valence-corrected chi connectivity index (χ2v) is 9.08. The molecule has 1 saturated carbocycles. The summed E-state index contributed by atoms with van der Waals surface area (Å²) in [5.41, 5.74) is 2.69. The number of nitrogens with zero attached hydrogens (tertiary/aromatic N) is 1. The van der Waals surface area contributed by atoms with E-state index in [0.29, 0.717) is 16.2 Å². The van der Waals surface area contributed by atoms with Crippen molar-refractivity contribution in [3.63, 3.8) is 0 Å². The van der Waals surface area contributed by atoms with Gasteiger partial charge in [-0.2, -0.15) is 0 Å². The van der Waals surface area contributed by atoms with E-state index in [0.717, 1.165) is 11.5 Å². The number of hydrogen-bond acceptors (Lipinski definition) is 5. The van der Waals surface area contributed by atoms with E-state index in [1.807, 2.05) is 47.8 Å². The molecule has 2 fully saturated rings. The summed E-state index contributed by atoms with van der Waals surface area (Å²) in [5, 5.41) is 6.32. The van der Waals surface area contributed by atoms with Gasteiger partial charge in [0.25, 0.3) is 5.91 Å². The molecule has 1 saturated heterocycles. The van der Waals surface area contributed by atoms with Gasteiger partial charge in [-0.1, -0.05) is 12.1 Å². The summed E-state index contributed by atoms with van der Waals surface area (Å²) >= 11 is 3.97. The van der Waals surface area contributed by atoms with E-state index in [1.54, 1.807) is 6.20 Å². The Morgan fingerprint density at radius 1 is 1.12 bits per heavy atom. The molecule has 6 heteroatoms. The van der Waals surface area contributed by atoms with Gasteiger partial charge in [0.05, 0.1) is 10.1 Å². The highest BCUT2D eigenvalue weighted by molar-refractivity contribution is 8.16. The molecule has 1 amide bonds. The van der Waals surface area contributed by atoms with E-state index in [2.05, 4.69) is 27.8 Å². The molecule has 2 N–H and O–H groups in total. The van der Waals surface area contributed by atoms with Crippen LogP contribution in [0.1, 0.15) is 39.8 Å². The van der Waals surface area contributed by atoms with Crippen LogP contribution < -0.4 is 10.6 Å². The van der Waals surface area contributed by atoms with E-state index in [1.165, 1.54) is 36.3 Å². The molecule has 0 atom stereocenters. The van der Waals surface area contributed by atoms with E-state index < -0.39 is 0 Å². The van der Waals surface area contributed by atoms with Crippen LogP contribution in [0.5, 0.6) is 0 Å². The quantitative estimate of drug-likeness (QED) is 0.792. The van der Waals surface area contributed by atoms with Crippen molar-refractivity contribution < 1.29 is 4.79 Å². The first-order valence-electron chi connectivity index (χ1n) is 8.65. The Balaban J connectivity index is 1.41. The smallest absolute Gasteiger partial charge is 0.257 e. The monoisotopic (exact) mass is 371 g/mol. The lowest BCUT2D eigenvalue weighted by atomic mass is 10.2. The number of amides is 1. The third-order valence-corrected chi connectivity index (χ3v) is 7.21. The van der Waals surface area contributed by atoms with Crippen LogP contribution in [0, 0.1) is 0 Å². The van der Waals surface area contributed by atoms with Crippen molar-refractivity contribution in [3.05, 3.63) is 53.7 Å². The lowest BCUT2D eigenvalue weighted by molar-refractivity contribution is 0.102. The lowest BCUT2D eigenvalue weighted by Crippen LogP contribution is -2.13. The number of hydrogen-bond donors (Lipinski definition) is 2. The molecule has 0 radical (unpaired) electrons. The number of anilines is 2. The van der Waals surface area contributed by atoms with Gasteiger partial charge in [0.15, 0.2) is 0 Å². The minimum Gasteiger partial charge on any atom is -0.367 e. The van der Waals surface area contributed by atoms with Crippen molar-refractivity contribution in [1.29, 1.82) is 0 Å². The highest BCUT2D eigenvalue weighted by Crippen LogP contribution is 2.44. The predicted molar refractivity (Wildman–Crippen MR) is 108 cm³/mol. The number of carbonyl (C=O) groups excluding carboxylic acids is 1. The average molecular weight is 372 g/mol. The predicted octanol–water partition coefficient (Wildman–Crippen LogP) is 4.78. The fraction of sp³-hybridized carbons (Fsp3) is 0.368. The summed E-state index contributed by atoms with van der Waals surface area (Å²) in [5.74, 6) is 3.14. The van der Waals surface area contributed by atoms with Gasteiger partial charge >= 0.3 is 0 Å². The molecule has 2 heterocycles. The lowest BCUT2D eigenvalue weighted by Gasteiger charge is -2.21. The molecule has 2 aromatic rings. The Hall–Kier alpha value is -1.66. The first-order chi connectivity index (χ1) is 12.3. The number of benzene rings is 1. The van der Waals surface area contributed by atoms with Crippen molar-refractivity contribution in [2.24, 2.45) is 0 Å². The van der Waals surface area contributed by atoms with E-state index in [-0.39, 0.29) is 5.91 Å². The van der Waals surface area contributed by atoms with Gasteiger partial charge in [0.2, 0.25) is 0 Å². The molecule has 25 heavy (non-hydrogen) atoms. The van der Waals surface area contributed by atoms with Gasteiger partial charge in [-0.05, 0) is 60.6 Å². The van der Waals surface area contributed by atoms with Crippen LogP contribution in [-0.4, -0.2) is 28.4 Å². The van der Waals surface area contributed by atoms with Crippen molar-refractivity contribution >= 4 is 40.9 Å². The summed E-state index contributed by atoms with van der Waals surface area (Å²) in [6.45, 7) is 0. The summed E-state index contributed by atoms with van der Waals surface area (Å²) < 4.78 is 0.472. The van der Waals surface area contributed by atoms with Crippen molar-refractivity contribution in [3.8, 4) is 0 Å². The Bertz CT molecular complexity index is 741. The van der Waals surface area contributed by atoms with Crippen LogP contribution in [0.3, 0.4) is 0 Å². The van der Waals surface area contributed by atoms with Crippen molar-refractivity contribution in [1.82, 2.24) is 4.98 Å². The van der Waals surface area contributed by atoms with Crippen LogP contribution in [-0.2, 0) is 0 Å². The first kappa shape index (κ1) is 16.8. The molecule has 130 valence electrons. The minimum atomic E-state index is -0.119. The Labute approximate surface area is 156 Å². The van der Waals surface area contributed by atoms with Gasteiger partial charge in [-0.3, -0.25) is 4.79 Å². The maximum atomic E-state index is 12.5. The fourth-order valence-corrected chi connectivity index (χ4v) is 5.57. The average Bonchev–Trinajstić information content (AvgIpc) is 3.47. The maximum absolute atomic E-state index is 12.5. The molecule has 1 aromatic carbocycles. The molecular weight excluding hydrogens is 350 g/mol. The van der Waals surface area contributed by atoms with Crippen molar-refractivity contribution in [2.75, 3.05) is 22.1 Å². The Morgan fingerprint density at radius 3 is 2.68 bits per heavy atom. The van der Waals surface area contributed by atoms with Gasteiger partial charge in [-0.15, -0.1) is 23.5 Å². The summed E-state index contributed by atoms with van der Waals surface area (Å²) in [6.07, 6.45) is 5.33. The number of pyridine rings is 1. The number of carbonyl (C=O) groups is 1. The number of rotatable bonds is 5. The summed E-state index contributed by atoms with van der Waals surface area (Å²) in [4.78, 5) is 16.8. The van der Waals surface area contributed by atoms with Crippen LogP contribution in [0.2, 0.25) is 0 Å². The minimum absolute atomic E-state index is 0.119. The molecule has 2 aliphatic rings. The topological polar surface area (TPSA) is 54.0 Å². The van der Waals surface area contributed by atoms with Gasteiger partial charge in [0, 0.05) is 17.9 Å². The van der Waals surface area contributed by atoms with Gasteiger partial charge < -0.3 is 10.6 Å². The Morgan fingerprint density at radius 2 is 1.96 bits per heavy atom. The number of nitrogens with one attached hydrogen (secondary N) is 2. The molecule has 1 aromatic heterocycles. The second kappa shape index (κ2) is 7.70. The molecule has 4 rings (SSSR count). The molecule has 0 spiro atoms. The standard InChI is InChI=1S/C19H21N3OS2/c23-18(14-5-8-17(20-12-14)21-15-6-7-15)22-16-4-1-3-13(11-16)19-24-9-2-10-25-19/h1,3-5,8,11-12,15,19H,2,6-7,9-10H2,(H,20,21)(H,22,23). The summed E-state index contributed by atoms with van der Waals surface area (Å²) in [7, 11) is 0. The normalized spacial score (nSPS) is 17.9. The zero-order valence-electron chi connectivity index (χ0n) is 13.9. The van der Waals surface area contributed by atoms with Crippen molar-refractivity contribution in [2.45, 2.75) is 29.9 Å². The van der Waals surface area contributed by atoms with Crippen LogP contribution >= 0.6 is 23.5 Å². The van der Waals surface area contributed by atoms with Crippen LogP contribution in [0.25, 0.3) is 0 Å². The molecule has 1 aliphatic heterocycles. The highest BCUT2D eigenvalue weighted by Gasteiger charge is 2.21. The summed E-state index contributed by atoms with van der Waals surface area (Å²) in [6, 6.07) is 12.4. The Kier molecular flexibility index (Phi) is 5.17. The zero-order chi connectivity index (χ0) is 17.1. The zero-order valence-corrected chi connectivity index (χ0v) is 15.5. The molecule has 4 nitrogen and oxygen atoms in total. The third-order valence-electron chi connectivity index (χ3n) is 4.20. The molecule has 0 unspecified atom stereocenters. The number of thioether (sulfide) groups is 2. The maximum Gasteiger partial charge on any atom is 0.257 e. The largest absolute Gasteiger partial charge is 0.367 e. The van der Waals surface area contributed by atoms with Crippen LogP contribution in [0.4, 0.5) is 11.5 Å². The van der Waals surface area contributed by atoms with E-state index in [4.69, 9.17) is 0 Å². The molecule has 0 bridgehead atoms. The second-order valence-electron chi connectivity index (χ2n) is 6.36. The number of aromatic nitrogens is 1. The van der Waals surface area contributed by atoms with E-state index >= 15 is 0 Å². The van der Waals surface area contributed by atoms with Gasteiger partial charge in [0.1, 0.15) is 5.82 Å². The van der Waals surface area contributed by atoms with Gasteiger partial charge in [-0.25, -0.2) is 4.98 Å². The molecule has 1 aliphatic carbocycles. The third kappa shape index (κ3) is 4.50. The highest BCUT2D eigenvalue weighted by atomic mass is 32.2. The fourth-order valence-electron chi connectivity index (χ4n) is 2.70. The first-order valence-corrected chi connectivity index (χ1v) is 10.7. The SMILES string of the molecule is O=C(Nc1cccc(C2SCCCS2)c1)c1ccc(NC2CC2)nc1. The van der Waals surface area contributed by atoms with E-state index in [9.17, 15) is 4.79 Å². The van der Waals surface area contributed by atoms with Crippen LogP contribution in [0.15, 0.2) is 42.6 Å². The molecular formula is C19H21N3OS2.